The molecule has 0 aliphatic rings. The van der Waals surface area contributed by atoms with Crippen LogP contribution < -0.4 is 0 Å². The molecule has 0 atom stereocenters. The first kappa shape index (κ1) is 10.0. The fourth-order valence-corrected chi connectivity index (χ4v) is 1.91. The quantitative estimate of drug-likeness (QED) is 0.742. The lowest BCUT2D eigenvalue weighted by atomic mass is 10.1. The molecule has 0 amide bonds. The maximum Gasteiger partial charge on any atom is 0.0981 e. The standard InChI is InChI=1S/C12H11N3O2/c16-3-2-15-12-7-13-5-10(11(12)6-14-15)9-1-4-17-8-9/h1,4-8,16H,2-3H2. The number of furan rings is 1. The molecule has 0 spiro atoms. The lowest BCUT2D eigenvalue weighted by molar-refractivity contribution is 0.271. The largest absolute Gasteiger partial charge is 0.472 e. The zero-order chi connectivity index (χ0) is 11.7. The van der Waals surface area contributed by atoms with Crippen molar-refractivity contribution < 1.29 is 9.52 Å². The van der Waals surface area contributed by atoms with E-state index < -0.39 is 0 Å². The average molecular weight is 229 g/mol. The van der Waals surface area contributed by atoms with Gasteiger partial charge in [0.15, 0.2) is 0 Å². The topological polar surface area (TPSA) is 64.1 Å². The Morgan fingerprint density at radius 3 is 3.00 bits per heavy atom. The Labute approximate surface area is 97.3 Å². The molecule has 1 N–H and O–H groups in total. The number of nitrogens with zero attached hydrogens (tertiary/aromatic N) is 3. The molecular formula is C12H11N3O2. The van der Waals surface area contributed by atoms with Crippen molar-refractivity contribution in [3.8, 4) is 11.1 Å². The minimum atomic E-state index is 0.0622. The second-order valence-corrected chi connectivity index (χ2v) is 3.72. The zero-order valence-corrected chi connectivity index (χ0v) is 9.08. The summed E-state index contributed by atoms with van der Waals surface area (Å²) in [6.45, 7) is 0.534. The second kappa shape index (κ2) is 4.03. The molecular weight excluding hydrogens is 218 g/mol. The van der Waals surface area contributed by atoms with Crippen LogP contribution in [0.15, 0.2) is 41.6 Å². The van der Waals surface area contributed by atoms with Crippen LogP contribution in [0.25, 0.3) is 22.0 Å². The number of pyridine rings is 1. The van der Waals surface area contributed by atoms with Gasteiger partial charge in [0.05, 0.1) is 43.6 Å². The highest BCUT2D eigenvalue weighted by molar-refractivity contribution is 5.93. The van der Waals surface area contributed by atoms with Crippen LogP contribution in [0.3, 0.4) is 0 Å². The molecule has 3 aromatic heterocycles. The van der Waals surface area contributed by atoms with Crippen molar-refractivity contribution in [2.45, 2.75) is 6.54 Å². The molecule has 0 aliphatic heterocycles. The van der Waals surface area contributed by atoms with Gasteiger partial charge in [-0.05, 0) is 6.07 Å². The first-order chi connectivity index (χ1) is 8.40. The third-order valence-electron chi connectivity index (χ3n) is 2.71. The van der Waals surface area contributed by atoms with Crippen molar-refractivity contribution in [1.29, 1.82) is 0 Å². The number of hydrogen-bond donors (Lipinski definition) is 1. The third kappa shape index (κ3) is 1.60. The molecule has 3 heterocycles. The van der Waals surface area contributed by atoms with Crippen LogP contribution in [0, 0.1) is 0 Å². The summed E-state index contributed by atoms with van der Waals surface area (Å²) in [5, 5.41) is 14.2. The van der Waals surface area contributed by atoms with E-state index in [1.165, 1.54) is 0 Å². The van der Waals surface area contributed by atoms with Gasteiger partial charge >= 0.3 is 0 Å². The summed E-state index contributed by atoms with van der Waals surface area (Å²) in [4.78, 5) is 4.20. The Balaban J connectivity index is 2.21. The van der Waals surface area contributed by atoms with E-state index in [-0.39, 0.29) is 6.61 Å². The van der Waals surface area contributed by atoms with Crippen LogP contribution in [0.4, 0.5) is 0 Å². The predicted molar refractivity (Wildman–Crippen MR) is 62.3 cm³/mol. The molecule has 0 saturated carbocycles. The van der Waals surface area contributed by atoms with Crippen LogP contribution in [0.1, 0.15) is 0 Å². The monoisotopic (exact) mass is 229 g/mol. The van der Waals surface area contributed by atoms with E-state index in [0.29, 0.717) is 6.54 Å². The van der Waals surface area contributed by atoms with Crippen molar-refractivity contribution in [1.82, 2.24) is 14.8 Å². The van der Waals surface area contributed by atoms with Crippen molar-refractivity contribution in [3.63, 3.8) is 0 Å². The Morgan fingerprint density at radius 1 is 1.29 bits per heavy atom. The SMILES string of the molecule is OCCn1ncc2c(-c3ccoc3)cncc21. The number of aromatic nitrogens is 3. The number of aliphatic hydroxyl groups excluding tert-OH is 1. The molecule has 86 valence electrons. The van der Waals surface area contributed by atoms with E-state index in [9.17, 15) is 0 Å². The summed E-state index contributed by atoms with van der Waals surface area (Å²) >= 11 is 0. The van der Waals surface area contributed by atoms with Gasteiger partial charge in [-0.15, -0.1) is 0 Å². The van der Waals surface area contributed by atoms with Gasteiger partial charge in [-0.25, -0.2) is 0 Å². The Morgan fingerprint density at radius 2 is 2.24 bits per heavy atom. The Hall–Kier alpha value is -2.14. The number of aliphatic hydroxyl groups is 1. The summed E-state index contributed by atoms with van der Waals surface area (Å²) < 4.78 is 6.82. The van der Waals surface area contributed by atoms with E-state index in [1.807, 2.05) is 6.07 Å². The first-order valence-corrected chi connectivity index (χ1v) is 5.33. The summed E-state index contributed by atoms with van der Waals surface area (Å²) in [7, 11) is 0. The lowest BCUT2D eigenvalue weighted by Crippen LogP contribution is -2.03. The number of fused-ring (bicyclic) bond motifs is 1. The van der Waals surface area contributed by atoms with Crippen molar-refractivity contribution >= 4 is 10.9 Å². The van der Waals surface area contributed by atoms with Crippen LogP contribution in [-0.4, -0.2) is 26.5 Å². The van der Waals surface area contributed by atoms with Crippen molar-refractivity contribution in [3.05, 3.63) is 37.2 Å². The molecule has 0 bridgehead atoms. The predicted octanol–water partition coefficient (Wildman–Crippen LogP) is 1.68. The van der Waals surface area contributed by atoms with E-state index in [4.69, 9.17) is 9.52 Å². The van der Waals surface area contributed by atoms with Crippen molar-refractivity contribution in [2.24, 2.45) is 0 Å². The number of rotatable bonds is 3. The molecule has 0 aromatic carbocycles. The average Bonchev–Trinajstić information content (AvgIpc) is 2.98. The van der Waals surface area contributed by atoms with E-state index >= 15 is 0 Å². The molecule has 0 unspecified atom stereocenters. The van der Waals surface area contributed by atoms with Gasteiger partial charge in [-0.3, -0.25) is 9.67 Å². The Kier molecular flexibility index (Phi) is 2.38. The Bertz CT molecular complexity index is 628. The highest BCUT2D eigenvalue weighted by atomic mass is 16.3. The van der Waals surface area contributed by atoms with Gasteiger partial charge in [0.2, 0.25) is 0 Å². The van der Waals surface area contributed by atoms with E-state index in [2.05, 4.69) is 10.1 Å². The van der Waals surface area contributed by atoms with Gasteiger partial charge < -0.3 is 9.52 Å². The summed E-state index contributed by atoms with van der Waals surface area (Å²) in [6.07, 6.45) is 8.64. The lowest BCUT2D eigenvalue weighted by Gasteiger charge is -2.01. The van der Waals surface area contributed by atoms with Gasteiger partial charge in [0, 0.05) is 22.7 Å². The molecule has 3 aromatic rings. The molecule has 5 nitrogen and oxygen atoms in total. The van der Waals surface area contributed by atoms with Gasteiger partial charge in [-0.1, -0.05) is 0 Å². The van der Waals surface area contributed by atoms with Crippen LogP contribution in [0.5, 0.6) is 0 Å². The summed E-state index contributed by atoms with van der Waals surface area (Å²) in [6, 6.07) is 1.89. The molecule has 0 fully saturated rings. The molecule has 0 saturated heterocycles. The highest BCUT2D eigenvalue weighted by Crippen LogP contribution is 2.27. The first-order valence-electron chi connectivity index (χ1n) is 5.33. The maximum atomic E-state index is 8.95. The summed E-state index contributed by atoms with van der Waals surface area (Å²) in [5.74, 6) is 0. The maximum absolute atomic E-state index is 8.95. The minimum absolute atomic E-state index is 0.0622. The minimum Gasteiger partial charge on any atom is -0.472 e. The molecule has 0 radical (unpaired) electrons. The fraction of sp³-hybridized carbons (Fsp3) is 0.167. The second-order valence-electron chi connectivity index (χ2n) is 3.72. The molecule has 3 rings (SSSR count). The smallest absolute Gasteiger partial charge is 0.0981 e. The molecule has 0 aliphatic carbocycles. The fourth-order valence-electron chi connectivity index (χ4n) is 1.91. The third-order valence-corrected chi connectivity index (χ3v) is 2.71. The van der Waals surface area contributed by atoms with Crippen molar-refractivity contribution in [2.75, 3.05) is 6.61 Å². The zero-order valence-electron chi connectivity index (χ0n) is 9.08. The van der Waals surface area contributed by atoms with Gasteiger partial charge in [0.25, 0.3) is 0 Å². The van der Waals surface area contributed by atoms with Crippen LogP contribution in [-0.2, 0) is 6.54 Å². The normalized spacial score (nSPS) is 11.1. The summed E-state index contributed by atoms with van der Waals surface area (Å²) in [5.41, 5.74) is 2.88. The molecule has 17 heavy (non-hydrogen) atoms. The van der Waals surface area contributed by atoms with Gasteiger partial charge in [-0.2, -0.15) is 5.10 Å². The van der Waals surface area contributed by atoms with E-state index in [0.717, 1.165) is 22.0 Å². The van der Waals surface area contributed by atoms with Crippen LogP contribution in [0.2, 0.25) is 0 Å². The van der Waals surface area contributed by atoms with E-state index in [1.54, 1.807) is 35.8 Å². The van der Waals surface area contributed by atoms with Crippen LogP contribution >= 0.6 is 0 Å². The number of hydrogen-bond acceptors (Lipinski definition) is 4. The highest BCUT2D eigenvalue weighted by Gasteiger charge is 2.09. The van der Waals surface area contributed by atoms with Gasteiger partial charge in [0.1, 0.15) is 0 Å². The molecule has 5 heteroatoms.